The third-order valence-corrected chi connectivity index (χ3v) is 4.55. The fourth-order valence-electron chi connectivity index (χ4n) is 3.16. The Morgan fingerprint density at radius 1 is 1.42 bits per heavy atom. The number of benzene rings is 1. The van der Waals surface area contributed by atoms with Gasteiger partial charge in [-0.3, -0.25) is 4.79 Å². The molecule has 2 rings (SSSR count). The van der Waals surface area contributed by atoms with Crippen LogP contribution in [0.25, 0.3) is 0 Å². The van der Waals surface area contributed by atoms with Gasteiger partial charge in [-0.05, 0) is 24.5 Å². The van der Waals surface area contributed by atoms with E-state index >= 15 is 0 Å². The van der Waals surface area contributed by atoms with Gasteiger partial charge in [-0.15, -0.1) is 0 Å². The Kier molecular flexibility index (Phi) is 5.55. The van der Waals surface area contributed by atoms with Crippen molar-refractivity contribution in [3.63, 3.8) is 0 Å². The fraction of sp³-hybridized carbons (Fsp3) is 0.588. The highest BCUT2D eigenvalue weighted by atomic mass is 19.4. The smallest absolute Gasteiger partial charge is 0.389 e. The lowest BCUT2D eigenvalue weighted by atomic mass is 9.63. The molecule has 0 heterocycles. The number of hydrogen-bond acceptors (Lipinski definition) is 3. The minimum atomic E-state index is -4.44. The molecule has 1 atom stereocenters. The number of alkyl halides is 3. The highest BCUT2D eigenvalue weighted by molar-refractivity contribution is 5.89. The van der Waals surface area contributed by atoms with Crippen LogP contribution in [0.1, 0.15) is 30.4 Å². The van der Waals surface area contributed by atoms with E-state index in [1.807, 2.05) is 0 Å². The Labute approximate surface area is 139 Å². The summed E-state index contributed by atoms with van der Waals surface area (Å²) in [5, 5.41) is 9.78. The highest BCUT2D eigenvalue weighted by Crippen LogP contribution is 2.46. The van der Waals surface area contributed by atoms with Crippen molar-refractivity contribution in [1.29, 1.82) is 0 Å². The number of aliphatic hydroxyl groups is 1. The molecule has 0 bridgehead atoms. The number of carbonyl (C=O) groups excluding carboxylic acids is 1. The standard InChI is InChI=1S/C17H22F3NO3/c1-21(10-14(22)11-24-2)15(23)16(7-4-8-16)12-5-3-6-13(9-12)17(18,19)20/h3,5-6,9,14,22H,4,7-8,10-11H2,1-2H3. The maximum Gasteiger partial charge on any atom is 0.416 e. The lowest BCUT2D eigenvalue weighted by Gasteiger charge is -2.43. The number of amides is 1. The van der Waals surface area contributed by atoms with Crippen LogP contribution in [0.3, 0.4) is 0 Å². The van der Waals surface area contributed by atoms with Gasteiger partial charge in [-0.25, -0.2) is 0 Å². The largest absolute Gasteiger partial charge is 0.416 e. The predicted octanol–water partition coefficient (Wildman–Crippen LogP) is 2.59. The lowest BCUT2D eigenvalue weighted by Crippen LogP contribution is -2.51. The van der Waals surface area contributed by atoms with Crippen molar-refractivity contribution in [3.8, 4) is 0 Å². The average molecular weight is 345 g/mol. The van der Waals surface area contributed by atoms with Gasteiger partial charge in [-0.2, -0.15) is 13.2 Å². The summed E-state index contributed by atoms with van der Waals surface area (Å²) in [5.74, 6) is -0.261. The molecule has 1 unspecified atom stereocenters. The van der Waals surface area contributed by atoms with Crippen LogP contribution >= 0.6 is 0 Å². The first-order valence-corrected chi connectivity index (χ1v) is 7.81. The van der Waals surface area contributed by atoms with Crippen LogP contribution in [-0.2, 0) is 21.1 Å². The van der Waals surface area contributed by atoms with E-state index in [-0.39, 0.29) is 19.1 Å². The summed E-state index contributed by atoms with van der Waals surface area (Å²) >= 11 is 0. The predicted molar refractivity (Wildman–Crippen MR) is 82.5 cm³/mol. The number of halogens is 3. The minimum absolute atomic E-state index is 0.0768. The summed E-state index contributed by atoms with van der Waals surface area (Å²) in [7, 11) is 3.00. The van der Waals surface area contributed by atoms with Crippen LogP contribution in [-0.4, -0.2) is 49.3 Å². The number of likely N-dealkylation sites (N-methyl/N-ethyl adjacent to an activating group) is 1. The van der Waals surface area contributed by atoms with Crippen LogP contribution in [0.2, 0.25) is 0 Å². The Hall–Kier alpha value is -1.60. The summed E-state index contributed by atoms with van der Waals surface area (Å²) in [5.41, 5.74) is -1.29. The number of aliphatic hydroxyl groups excluding tert-OH is 1. The van der Waals surface area contributed by atoms with Crippen molar-refractivity contribution in [2.75, 3.05) is 27.3 Å². The fourth-order valence-corrected chi connectivity index (χ4v) is 3.16. The number of methoxy groups -OCH3 is 1. The van der Waals surface area contributed by atoms with Crippen molar-refractivity contribution in [2.24, 2.45) is 0 Å². The number of ether oxygens (including phenoxy) is 1. The quantitative estimate of drug-likeness (QED) is 0.862. The maximum atomic E-state index is 13.0. The second-order valence-corrected chi connectivity index (χ2v) is 6.31. The molecule has 1 amide bonds. The van der Waals surface area contributed by atoms with E-state index in [1.54, 1.807) is 13.1 Å². The van der Waals surface area contributed by atoms with Gasteiger partial charge < -0.3 is 14.7 Å². The van der Waals surface area contributed by atoms with E-state index < -0.39 is 23.3 Å². The van der Waals surface area contributed by atoms with Gasteiger partial charge in [-0.1, -0.05) is 24.6 Å². The monoisotopic (exact) mass is 345 g/mol. The molecule has 4 nitrogen and oxygen atoms in total. The average Bonchev–Trinajstić information content (AvgIpc) is 2.45. The summed E-state index contributed by atoms with van der Waals surface area (Å²) in [6.07, 6.45) is -3.46. The highest BCUT2D eigenvalue weighted by Gasteiger charge is 2.47. The molecule has 1 aromatic carbocycles. The molecule has 7 heteroatoms. The summed E-state index contributed by atoms with van der Waals surface area (Å²) in [6, 6.07) is 4.99. The van der Waals surface area contributed by atoms with Crippen molar-refractivity contribution in [2.45, 2.75) is 37.0 Å². The zero-order chi connectivity index (χ0) is 18.0. The zero-order valence-electron chi connectivity index (χ0n) is 13.8. The van der Waals surface area contributed by atoms with Crippen LogP contribution in [0.5, 0.6) is 0 Å². The molecule has 1 N–H and O–H groups in total. The van der Waals surface area contributed by atoms with Crippen molar-refractivity contribution < 1.29 is 27.8 Å². The Balaban J connectivity index is 2.24. The molecule has 1 aromatic rings. The maximum absolute atomic E-state index is 13.0. The first-order chi connectivity index (χ1) is 11.2. The summed E-state index contributed by atoms with van der Waals surface area (Å²) < 4.78 is 43.7. The molecule has 1 fully saturated rings. The van der Waals surface area contributed by atoms with Gasteiger partial charge >= 0.3 is 6.18 Å². The number of hydrogen-bond donors (Lipinski definition) is 1. The SMILES string of the molecule is COCC(O)CN(C)C(=O)C1(c2cccc(C(F)(F)F)c2)CCC1. The third kappa shape index (κ3) is 3.72. The number of nitrogens with zero attached hydrogens (tertiary/aromatic N) is 1. The molecule has 0 aromatic heterocycles. The molecular formula is C17H22F3NO3. The second kappa shape index (κ2) is 7.11. The number of carbonyl (C=O) groups is 1. The van der Waals surface area contributed by atoms with Crippen LogP contribution in [0.4, 0.5) is 13.2 Å². The molecule has 0 saturated heterocycles. The second-order valence-electron chi connectivity index (χ2n) is 6.31. The molecule has 24 heavy (non-hydrogen) atoms. The van der Waals surface area contributed by atoms with Gasteiger partial charge in [0, 0.05) is 20.7 Å². The molecule has 1 aliphatic carbocycles. The zero-order valence-corrected chi connectivity index (χ0v) is 13.8. The molecule has 0 radical (unpaired) electrons. The lowest BCUT2D eigenvalue weighted by molar-refractivity contribution is -0.142. The first-order valence-electron chi connectivity index (χ1n) is 7.81. The van der Waals surface area contributed by atoms with Crippen LogP contribution < -0.4 is 0 Å². The van der Waals surface area contributed by atoms with Crippen molar-refractivity contribution >= 4 is 5.91 Å². The minimum Gasteiger partial charge on any atom is -0.389 e. The van der Waals surface area contributed by atoms with Crippen molar-refractivity contribution in [1.82, 2.24) is 4.90 Å². The van der Waals surface area contributed by atoms with E-state index in [2.05, 4.69) is 0 Å². The van der Waals surface area contributed by atoms with E-state index in [9.17, 15) is 23.1 Å². The molecular weight excluding hydrogens is 323 g/mol. The molecule has 1 saturated carbocycles. The number of rotatable bonds is 6. The van der Waals surface area contributed by atoms with Gasteiger partial charge in [0.15, 0.2) is 0 Å². The third-order valence-electron chi connectivity index (χ3n) is 4.55. The van der Waals surface area contributed by atoms with E-state index in [4.69, 9.17) is 4.74 Å². The van der Waals surface area contributed by atoms with E-state index in [1.165, 1.54) is 18.1 Å². The normalized spacial score (nSPS) is 17.9. The molecule has 0 aliphatic heterocycles. The van der Waals surface area contributed by atoms with Crippen LogP contribution in [0.15, 0.2) is 24.3 Å². The molecule has 0 spiro atoms. The van der Waals surface area contributed by atoms with Gasteiger partial charge in [0.25, 0.3) is 0 Å². The van der Waals surface area contributed by atoms with Crippen molar-refractivity contribution in [3.05, 3.63) is 35.4 Å². The van der Waals surface area contributed by atoms with E-state index in [0.717, 1.165) is 18.6 Å². The molecule has 1 aliphatic rings. The Morgan fingerprint density at radius 2 is 2.08 bits per heavy atom. The summed E-state index contributed by atoms with van der Waals surface area (Å²) in [4.78, 5) is 14.2. The van der Waals surface area contributed by atoms with Gasteiger partial charge in [0.2, 0.25) is 5.91 Å². The van der Waals surface area contributed by atoms with Gasteiger partial charge in [0.05, 0.1) is 23.7 Å². The van der Waals surface area contributed by atoms with Crippen LogP contribution in [0, 0.1) is 0 Å². The topological polar surface area (TPSA) is 49.8 Å². The molecule has 134 valence electrons. The Morgan fingerprint density at radius 3 is 2.58 bits per heavy atom. The van der Waals surface area contributed by atoms with E-state index in [0.29, 0.717) is 18.4 Å². The van der Waals surface area contributed by atoms with Gasteiger partial charge in [0.1, 0.15) is 0 Å². The summed E-state index contributed by atoms with van der Waals surface area (Å²) in [6.45, 7) is 0.168. The first kappa shape index (κ1) is 18.7. The Bertz CT molecular complexity index is 585.